The molecule has 0 aliphatic carbocycles. The van der Waals surface area contributed by atoms with Gasteiger partial charge in [0.05, 0.1) is 16.6 Å². The van der Waals surface area contributed by atoms with Gasteiger partial charge >= 0.3 is 5.97 Å². The molecule has 134 valence electrons. The Morgan fingerprint density at radius 2 is 1.85 bits per heavy atom. The van der Waals surface area contributed by atoms with E-state index in [-0.39, 0.29) is 34.7 Å². The maximum atomic E-state index is 12.0. The van der Waals surface area contributed by atoms with E-state index in [1.807, 2.05) is 30.3 Å². The third-order valence-corrected chi connectivity index (χ3v) is 3.65. The SMILES string of the molecule is CC(=O)c1cc(OCc2ccccc2)cc([N+](=O)[O-])c1C=C(C)C(=O)O. The van der Waals surface area contributed by atoms with Gasteiger partial charge in [-0.15, -0.1) is 0 Å². The summed E-state index contributed by atoms with van der Waals surface area (Å²) in [6.45, 7) is 2.74. The molecule has 0 atom stereocenters. The molecule has 0 saturated carbocycles. The van der Waals surface area contributed by atoms with Crippen LogP contribution in [-0.2, 0) is 11.4 Å². The van der Waals surface area contributed by atoms with E-state index >= 15 is 0 Å². The second-order valence-electron chi connectivity index (χ2n) is 5.62. The van der Waals surface area contributed by atoms with Crippen molar-refractivity contribution < 1.29 is 24.4 Å². The first-order valence-corrected chi connectivity index (χ1v) is 7.71. The fourth-order valence-corrected chi connectivity index (χ4v) is 2.31. The predicted molar refractivity (Wildman–Crippen MR) is 95.2 cm³/mol. The van der Waals surface area contributed by atoms with Gasteiger partial charge in [0.25, 0.3) is 5.69 Å². The maximum absolute atomic E-state index is 12.0. The van der Waals surface area contributed by atoms with Gasteiger partial charge in [-0.3, -0.25) is 14.9 Å². The van der Waals surface area contributed by atoms with Crippen molar-refractivity contribution in [3.8, 4) is 5.75 Å². The highest BCUT2D eigenvalue weighted by molar-refractivity contribution is 6.02. The topological polar surface area (TPSA) is 107 Å². The van der Waals surface area contributed by atoms with Crippen LogP contribution in [0.2, 0.25) is 0 Å². The average Bonchev–Trinajstić information content (AvgIpc) is 2.60. The predicted octanol–water partition coefficient (Wildman–Crippen LogP) is 3.86. The minimum absolute atomic E-state index is 0.0304. The lowest BCUT2D eigenvalue weighted by Crippen LogP contribution is -2.05. The zero-order chi connectivity index (χ0) is 19.3. The zero-order valence-corrected chi connectivity index (χ0v) is 14.3. The summed E-state index contributed by atoms with van der Waals surface area (Å²) in [5.74, 6) is -1.49. The van der Waals surface area contributed by atoms with Gasteiger partial charge in [0.15, 0.2) is 5.78 Å². The lowest BCUT2D eigenvalue weighted by Gasteiger charge is -2.11. The second-order valence-corrected chi connectivity index (χ2v) is 5.62. The fourth-order valence-electron chi connectivity index (χ4n) is 2.31. The Morgan fingerprint density at radius 1 is 1.19 bits per heavy atom. The van der Waals surface area contributed by atoms with Gasteiger partial charge < -0.3 is 9.84 Å². The average molecular weight is 355 g/mol. The Hall–Kier alpha value is -3.48. The first-order chi connectivity index (χ1) is 12.3. The summed E-state index contributed by atoms with van der Waals surface area (Å²) in [6.07, 6.45) is 1.12. The smallest absolute Gasteiger partial charge is 0.331 e. The summed E-state index contributed by atoms with van der Waals surface area (Å²) in [7, 11) is 0. The second kappa shape index (κ2) is 8.06. The van der Waals surface area contributed by atoms with E-state index in [4.69, 9.17) is 9.84 Å². The largest absolute Gasteiger partial charge is 0.489 e. The van der Waals surface area contributed by atoms with Crippen molar-refractivity contribution >= 4 is 23.5 Å². The molecule has 0 fully saturated rings. The number of carboxylic acid groups (broad SMARTS) is 1. The van der Waals surface area contributed by atoms with Gasteiger partial charge in [-0.25, -0.2) is 4.79 Å². The molecule has 0 aliphatic rings. The molecule has 2 rings (SSSR count). The number of hydrogen-bond donors (Lipinski definition) is 1. The first-order valence-electron chi connectivity index (χ1n) is 7.71. The Bertz CT molecular complexity index is 851. The van der Waals surface area contributed by atoms with Crippen molar-refractivity contribution in [3.05, 3.63) is 74.8 Å². The number of nitrogens with zero attached hydrogens (tertiary/aromatic N) is 1. The van der Waals surface area contributed by atoms with Crippen molar-refractivity contribution in [2.45, 2.75) is 20.5 Å². The monoisotopic (exact) mass is 355 g/mol. The summed E-state index contributed by atoms with van der Waals surface area (Å²) < 4.78 is 5.59. The molecule has 7 heteroatoms. The van der Waals surface area contributed by atoms with Crippen LogP contribution in [-0.4, -0.2) is 21.8 Å². The van der Waals surface area contributed by atoms with Crippen molar-refractivity contribution in [1.29, 1.82) is 0 Å². The molecule has 0 unspecified atom stereocenters. The number of aliphatic carboxylic acids is 1. The van der Waals surface area contributed by atoms with Crippen LogP contribution in [0, 0.1) is 10.1 Å². The van der Waals surface area contributed by atoms with Crippen molar-refractivity contribution in [3.63, 3.8) is 0 Å². The summed E-state index contributed by atoms with van der Waals surface area (Å²) in [4.78, 5) is 33.8. The number of hydrogen-bond acceptors (Lipinski definition) is 5. The minimum atomic E-state index is -1.22. The van der Waals surface area contributed by atoms with E-state index in [1.54, 1.807) is 0 Å². The standard InChI is InChI=1S/C19H17NO6/c1-12(19(22)23)8-17-16(13(2)21)9-15(10-18(17)20(24)25)26-11-14-6-4-3-5-7-14/h3-10H,11H2,1-2H3,(H,22,23). The number of Topliss-reactive ketones (excluding diaryl/α,β-unsaturated/α-hetero) is 1. The lowest BCUT2D eigenvalue weighted by molar-refractivity contribution is -0.385. The highest BCUT2D eigenvalue weighted by Gasteiger charge is 2.22. The number of benzene rings is 2. The van der Waals surface area contributed by atoms with Gasteiger partial charge in [-0.2, -0.15) is 0 Å². The summed E-state index contributed by atoms with van der Waals surface area (Å²) in [5, 5.41) is 20.5. The Balaban J connectivity index is 2.49. The summed E-state index contributed by atoms with van der Waals surface area (Å²) in [5.41, 5.74) is 0.345. The molecule has 0 spiro atoms. The van der Waals surface area contributed by atoms with E-state index in [2.05, 4.69) is 0 Å². The first kappa shape index (κ1) is 18.9. The van der Waals surface area contributed by atoms with E-state index in [1.165, 1.54) is 26.0 Å². The molecule has 1 N–H and O–H groups in total. The summed E-state index contributed by atoms with van der Waals surface area (Å²) in [6, 6.07) is 11.8. The highest BCUT2D eigenvalue weighted by atomic mass is 16.6. The van der Waals surface area contributed by atoms with Crippen LogP contribution in [0.4, 0.5) is 5.69 Å². The van der Waals surface area contributed by atoms with E-state index in [0.717, 1.165) is 11.6 Å². The van der Waals surface area contributed by atoms with Gasteiger partial charge in [-0.1, -0.05) is 30.3 Å². The highest BCUT2D eigenvalue weighted by Crippen LogP contribution is 2.31. The Morgan fingerprint density at radius 3 is 2.38 bits per heavy atom. The molecular formula is C19H17NO6. The number of ether oxygens (including phenoxy) is 1. The quantitative estimate of drug-likeness (QED) is 0.350. The number of ketones is 1. The van der Waals surface area contributed by atoms with Crippen LogP contribution in [0.3, 0.4) is 0 Å². The molecule has 0 aliphatic heterocycles. The van der Waals surface area contributed by atoms with Crippen molar-refractivity contribution in [2.75, 3.05) is 0 Å². The molecule has 0 amide bonds. The van der Waals surface area contributed by atoms with Gasteiger partial charge in [-0.05, 0) is 31.6 Å². The van der Waals surface area contributed by atoms with Crippen LogP contribution in [0.5, 0.6) is 5.75 Å². The molecule has 0 aromatic heterocycles. The van der Waals surface area contributed by atoms with Crippen LogP contribution in [0.15, 0.2) is 48.0 Å². The molecule has 0 bridgehead atoms. The molecule has 0 heterocycles. The number of carbonyl (C=O) groups is 2. The zero-order valence-electron chi connectivity index (χ0n) is 14.3. The number of nitro groups is 1. The number of nitro benzene ring substituents is 1. The third-order valence-electron chi connectivity index (χ3n) is 3.65. The Labute approximate surface area is 149 Å². The van der Waals surface area contributed by atoms with Crippen LogP contribution in [0.1, 0.15) is 35.3 Å². The van der Waals surface area contributed by atoms with E-state index < -0.39 is 16.7 Å². The molecular weight excluding hydrogens is 338 g/mol. The van der Waals surface area contributed by atoms with Gasteiger partial charge in [0.2, 0.25) is 0 Å². The van der Waals surface area contributed by atoms with Crippen LogP contribution >= 0.6 is 0 Å². The molecule has 7 nitrogen and oxygen atoms in total. The van der Waals surface area contributed by atoms with Crippen LogP contribution in [0.25, 0.3) is 6.08 Å². The number of rotatable bonds is 7. The molecule has 2 aromatic carbocycles. The maximum Gasteiger partial charge on any atom is 0.331 e. The fraction of sp³-hybridized carbons (Fsp3) is 0.158. The Kier molecular flexibility index (Phi) is 5.85. The van der Waals surface area contributed by atoms with Gasteiger partial charge in [0, 0.05) is 11.1 Å². The minimum Gasteiger partial charge on any atom is -0.489 e. The van der Waals surface area contributed by atoms with Crippen LogP contribution < -0.4 is 4.74 Å². The molecule has 2 aromatic rings. The molecule has 0 saturated heterocycles. The van der Waals surface area contributed by atoms with Crippen molar-refractivity contribution in [1.82, 2.24) is 0 Å². The summed E-state index contributed by atoms with van der Waals surface area (Å²) >= 11 is 0. The number of carbonyl (C=O) groups excluding carboxylic acids is 1. The molecule has 26 heavy (non-hydrogen) atoms. The molecule has 0 radical (unpaired) electrons. The normalized spacial score (nSPS) is 11.1. The van der Waals surface area contributed by atoms with Gasteiger partial charge in [0.1, 0.15) is 12.4 Å². The van der Waals surface area contributed by atoms with E-state index in [0.29, 0.717) is 0 Å². The lowest BCUT2D eigenvalue weighted by atomic mass is 9.99. The third kappa shape index (κ3) is 4.54. The van der Waals surface area contributed by atoms with Crippen molar-refractivity contribution in [2.24, 2.45) is 0 Å². The number of carboxylic acids is 1. The van der Waals surface area contributed by atoms with E-state index in [9.17, 15) is 19.7 Å².